The van der Waals surface area contributed by atoms with Gasteiger partial charge in [0.2, 0.25) is 5.91 Å². The van der Waals surface area contributed by atoms with E-state index < -0.39 is 0 Å². The summed E-state index contributed by atoms with van der Waals surface area (Å²) in [4.78, 5) is 28.8. The Morgan fingerprint density at radius 1 is 1.04 bits per heavy atom. The van der Waals surface area contributed by atoms with Gasteiger partial charge in [0.05, 0.1) is 0 Å². The number of halogens is 1. The first kappa shape index (κ1) is 21.2. The quantitative estimate of drug-likeness (QED) is 0.780. The highest BCUT2D eigenvalue weighted by Crippen LogP contribution is 2.19. The third-order valence-electron chi connectivity index (χ3n) is 5.09. The van der Waals surface area contributed by atoms with Crippen molar-refractivity contribution >= 4 is 17.6 Å². The van der Waals surface area contributed by atoms with Gasteiger partial charge in [-0.3, -0.25) is 10.1 Å². The summed E-state index contributed by atoms with van der Waals surface area (Å²) in [7, 11) is 0. The van der Waals surface area contributed by atoms with Crippen molar-refractivity contribution in [3.05, 3.63) is 30.1 Å². The summed E-state index contributed by atoms with van der Waals surface area (Å²) in [6, 6.07) is 6.08. The maximum absolute atomic E-state index is 13.1. The lowest BCUT2D eigenvalue weighted by molar-refractivity contribution is -0.124. The number of piperazine rings is 1. The molecule has 150 valence electrons. The molecule has 0 aromatic heterocycles. The molecule has 1 aliphatic heterocycles. The van der Waals surface area contributed by atoms with Gasteiger partial charge in [-0.1, -0.05) is 33.6 Å². The molecule has 27 heavy (non-hydrogen) atoms. The molecule has 1 aliphatic rings. The first-order valence-corrected chi connectivity index (χ1v) is 10.0. The Kier molecular flexibility index (Phi) is 8.07. The SMILES string of the molecule is CCC[C@@H](CCC(C)C)C(=O)NC(=O)N1CCN(c2ccc(F)cc2)CC1. The van der Waals surface area contributed by atoms with Crippen molar-refractivity contribution in [2.24, 2.45) is 11.8 Å². The van der Waals surface area contributed by atoms with Crippen LogP contribution in [0.4, 0.5) is 14.9 Å². The van der Waals surface area contributed by atoms with Crippen molar-refractivity contribution in [3.8, 4) is 0 Å². The Morgan fingerprint density at radius 3 is 2.22 bits per heavy atom. The van der Waals surface area contributed by atoms with Crippen LogP contribution in [0.15, 0.2) is 24.3 Å². The minimum Gasteiger partial charge on any atom is -0.368 e. The van der Waals surface area contributed by atoms with Gasteiger partial charge in [-0.05, 0) is 43.0 Å². The standard InChI is InChI=1S/C21H32FN3O2/c1-4-5-17(7-6-16(2)3)20(26)23-21(27)25-14-12-24(13-15-25)19-10-8-18(22)9-11-19/h8-11,16-17H,4-7,12-15H2,1-3H3,(H,23,26,27)/t17-/m0/s1. The highest BCUT2D eigenvalue weighted by Gasteiger charge is 2.25. The fourth-order valence-electron chi connectivity index (χ4n) is 3.40. The molecule has 1 saturated heterocycles. The van der Waals surface area contributed by atoms with Crippen LogP contribution in [0.1, 0.15) is 46.5 Å². The zero-order valence-corrected chi connectivity index (χ0v) is 16.7. The number of anilines is 1. The van der Waals surface area contributed by atoms with Gasteiger partial charge in [0.25, 0.3) is 0 Å². The number of hydrogen-bond acceptors (Lipinski definition) is 3. The van der Waals surface area contributed by atoms with E-state index in [4.69, 9.17) is 0 Å². The Bertz CT molecular complexity index is 610. The molecule has 0 aliphatic carbocycles. The highest BCUT2D eigenvalue weighted by molar-refractivity contribution is 5.95. The van der Waals surface area contributed by atoms with E-state index in [0.29, 0.717) is 32.1 Å². The zero-order valence-electron chi connectivity index (χ0n) is 16.7. The molecule has 1 aromatic carbocycles. The predicted molar refractivity (Wildman–Crippen MR) is 106 cm³/mol. The smallest absolute Gasteiger partial charge is 0.324 e. The van der Waals surface area contributed by atoms with E-state index in [2.05, 4.69) is 31.0 Å². The molecule has 1 atom stereocenters. The first-order chi connectivity index (χ1) is 12.9. The number of hydrogen-bond donors (Lipinski definition) is 1. The number of rotatable bonds is 7. The first-order valence-electron chi connectivity index (χ1n) is 10.0. The van der Waals surface area contributed by atoms with E-state index in [1.165, 1.54) is 12.1 Å². The van der Waals surface area contributed by atoms with E-state index in [0.717, 1.165) is 31.4 Å². The van der Waals surface area contributed by atoms with Gasteiger partial charge < -0.3 is 9.80 Å². The molecule has 0 bridgehead atoms. The van der Waals surface area contributed by atoms with Crippen molar-refractivity contribution in [3.63, 3.8) is 0 Å². The van der Waals surface area contributed by atoms with Gasteiger partial charge in [-0.25, -0.2) is 9.18 Å². The van der Waals surface area contributed by atoms with E-state index in [1.807, 2.05) is 0 Å². The van der Waals surface area contributed by atoms with E-state index in [9.17, 15) is 14.0 Å². The van der Waals surface area contributed by atoms with Gasteiger partial charge >= 0.3 is 6.03 Å². The Labute approximate surface area is 161 Å². The number of amides is 3. The molecule has 1 fully saturated rings. The van der Waals surface area contributed by atoms with Gasteiger partial charge in [0, 0.05) is 37.8 Å². The van der Waals surface area contributed by atoms with Crippen molar-refractivity contribution < 1.29 is 14.0 Å². The van der Waals surface area contributed by atoms with E-state index in [1.54, 1.807) is 17.0 Å². The molecule has 0 spiro atoms. The predicted octanol–water partition coefficient (Wildman–Crippen LogP) is 4.04. The summed E-state index contributed by atoms with van der Waals surface area (Å²) in [5, 5.41) is 2.60. The molecule has 1 N–H and O–H groups in total. The van der Waals surface area contributed by atoms with Crippen LogP contribution in [-0.4, -0.2) is 43.0 Å². The lowest BCUT2D eigenvalue weighted by atomic mass is 9.93. The molecule has 3 amide bonds. The fraction of sp³-hybridized carbons (Fsp3) is 0.619. The maximum atomic E-state index is 13.1. The number of nitrogens with one attached hydrogen (secondary N) is 1. The van der Waals surface area contributed by atoms with E-state index in [-0.39, 0.29) is 23.7 Å². The summed E-state index contributed by atoms with van der Waals surface area (Å²) in [5.74, 6) is 0.0482. The molecule has 2 rings (SSSR count). The molecule has 1 aromatic rings. The van der Waals surface area contributed by atoms with Crippen molar-refractivity contribution in [1.82, 2.24) is 10.2 Å². The van der Waals surface area contributed by atoms with E-state index >= 15 is 0 Å². The Balaban J connectivity index is 1.83. The third kappa shape index (κ3) is 6.52. The van der Waals surface area contributed by atoms with Crippen LogP contribution >= 0.6 is 0 Å². The molecule has 0 radical (unpaired) electrons. The lowest BCUT2D eigenvalue weighted by Gasteiger charge is -2.36. The van der Waals surface area contributed by atoms with Crippen LogP contribution < -0.4 is 10.2 Å². The number of imide groups is 1. The average molecular weight is 378 g/mol. The van der Waals surface area contributed by atoms with Crippen molar-refractivity contribution in [1.29, 1.82) is 0 Å². The van der Waals surface area contributed by atoms with Gasteiger partial charge in [-0.15, -0.1) is 0 Å². The summed E-state index contributed by atoms with van der Waals surface area (Å²) in [6.07, 6.45) is 3.55. The third-order valence-corrected chi connectivity index (χ3v) is 5.09. The van der Waals surface area contributed by atoms with Gasteiger partial charge in [0.1, 0.15) is 5.82 Å². The second-order valence-electron chi connectivity index (χ2n) is 7.70. The highest BCUT2D eigenvalue weighted by atomic mass is 19.1. The summed E-state index contributed by atoms with van der Waals surface area (Å²) < 4.78 is 13.1. The summed E-state index contributed by atoms with van der Waals surface area (Å²) >= 11 is 0. The van der Waals surface area contributed by atoms with Crippen LogP contribution in [0.2, 0.25) is 0 Å². The molecule has 5 nitrogen and oxygen atoms in total. The molecule has 0 unspecified atom stereocenters. The Hall–Kier alpha value is -2.11. The van der Waals surface area contributed by atoms with Crippen LogP contribution in [0, 0.1) is 17.7 Å². The largest absolute Gasteiger partial charge is 0.368 e. The number of nitrogens with zero attached hydrogens (tertiary/aromatic N) is 2. The van der Waals surface area contributed by atoms with Gasteiger partial charge in [0.15, 0.2) is 0 Å². The van der Waals surface area contributed by atoms with Crippen LogP contribution in [-0.2, 0) is 4.79 Å². The van der Waals surface area contributed by atoms with Crippen LogP contribution in [0.5, 0.6) is 0 Å². The minimum atomic E-state index is -0.301. The molecular weight excluding hydrogens is 345 g/mol. The molecule has 0 saturated carbocycles. The normalized spacial score (nSPS) is 15.7. The maximum Gasteiger partial charge on any atom is 0.324 e. The molecule has 6 heteroatoms. The topological polar surface area (TPSA) is 52.7 Å². The van der Waals surface area contributed by atoms with Crippen molar-refractivity contribution in [2.75, 3.05) is 31.1 Å². The zero-order chi connectivity index (χ0) is 19.8. The van der Waals surface area contributed by atoms with Crippen LogP contribution in [0.3, 0.4) is 0 Å². The number of urea groups is 1. The van der Waals surface area contributed by atoms with Crippen molar-refractivity contribution in [2.45, 2.75) is 46.5 Å². The average Bonchev–Trinajstić information content (AvgIpc) is 2.65. The molecule has 1 heterocycles. The minimum absolute atomic E-state index is 0.0955. The van der Waals surface area contributed by atoms with Gasteiger partial charge in [-0.2, -0.15) is 0 Å². The summed E-state index contributed by atoms with van der Waals surface area (Å²) in [6.45, 7) is 8.77. The second kappa shape index (κ2) is 10.3. The second-order valence-corrected chi connectivity index (χ2v) is 7.70. The fourth-order valence-corrected chi connectivity index (χ4v) is 3.40. The number of carbonyl (C=O) groups excluding carboxylic acids is 2. The Morgan fingerprint density at radius 2 is 1.67 bits per heavy atom. The lowest BCUT2D eigenvalue weighted by Crippen LogP contribution is -2.53. The number of carbonyl (C=O) groups is 2. The van der Waals surface area contributed by atoms with Crippen LogP contribution in [0.25, 0.3) is 0 Å². The molecular formula is C21H32FN3O2. The summed E-state index contributed by atoms with van der Waals surface area (Å²) in [5.41, 5.74) is 0.948. The monoisotopic (exact) mass is 377 g/mol. The number of benzene rings is 1.